The van der Waals surface area contributed by atoms with E-state index in [9.17, 15) is 24.6 Å². The van der Waals surface area contributed by atoms with Crippen LogP contribution in [0.15, 0.2) is 24.3 Å². The zero-order valence-corrected chi connectivity index (χ0v) is 17.9. The van der Waals surface area contributed by atoms with Gasteiger partial charge in [0, 0.05) is 6.42 Å². The van der Waals surface area contributed by atoms with E-state index in [-0.39, 0.29) is 18.1 Å². The molecule has 6 N–H and O–H groups in total. The van der Waals surface area contributed by atoms with Crippen molar-refractivity contribution in [1.29, 1.82) is 0 Å². The van der Waals surface area contributed by atoms with Crippen molar-refractivity contribution in [1.82, 2.24) is 10.6 Å². The van der Waals surface area contributed by atoms with Gasteiger partial charge >= 0.3 is 5.97 Å². The van der Waals surface area contributed by atoms with E-state index < -0.39 is 35.9 Å². The summed E-state index contributed by atoms with van der Waals surface area (Å²) in [5.41, 5.74) is 6.55. The van der Waals surface area contributed by atoms with E-state index in [4.69, 9.17) is 5.73 Å². The predicted molar refractivity (Wildman–Crippen MR) is 114 cm³/mol. The number of carbonyl (C=O) groups is 3. The number of hydrogen-bond acceptors (Lipinski definition) is 6. The molecule has 29 heavy (non-hydrogen) atoms. The first-order valence-electron chi connectivity index (χ1n) is 9.50. The maximum absolute atomic E-state index is 12.7. The van der Waals surface area contributed by atoms with E-state index in [0.29, 0.717) is 24.2 Å². The number of hydrogen-bond donors (Lipinski definition) is 5. The van der Waals surface area contributed by atoms with Crippen molar-refractivity contribution in [2.24, 2.45) is 11.7 Å². The van der Waals surface area contributed by atoms with Gasteiger partial charge in [-0.05, 0) is 48.5 Å². The zero-order valence-electron chi connectivity index (χ0n) is 17.1. The number of carboxylic acid groups (broad SMARTS) is 1. The second-order valence-electron chi connectivity index (χ2n) is 7.35. The third-order valence-electron chi connectivity index (χ3n) is 4.30. The minimum atomic E-state index is -1.18. The van der Waals surface area contributed by atoms with Crippen molar-refractivity contribution < 1.29 is 24.6 Å². The largest absolute Gasteiger partial charge is 0.508 e. The Balaban J connectivity index is 2.82. The van der Waals surface area contributed by atoms with Gasteiger partial charge in [0.2, 0.25) is 11.8 Å². The Morgan fingerprint density at radius 2 is 1.66 bits per heavy atom. The molecule has 0 aliphatic carbocycles. The van der Waals surface area contributed by atoms with Crippen LogP contribution >= 0.6 is 11.8 Å². The number of amides is 2. The summed E-state index contributed by atoms with van der Waals surface area (Å²) in [6.07, 6.45) is 2.78. The summed E-state index contributed by atoms with van der Waals surface area (Å²) in [6, 6.07) is 3.33. The number of carboxylic acids is 1. The molecule has 0 fully saturated rings. The molecule has 9 heteroatoms. The summed E-state index contributed by atoms with van der Waals surface area (Å²) in [5, 5.41) is 24.0. The first-order chi connectivity index (χ1) is 13.6. The highest BCUT2D eigenvalue weighted by atomic mass is 32.2. The van der Waals surface area contributed by atoms with E-state index >= 15 is 0 Å². The Labute approximate surface area is 175 Å². The van der Waals surface area contributed by atoms with Crippen LogP contribution in [-0.2, 0) is 20.8 Å². The van der Waals surface area contributed by atoms with Gasteiger partial charge in [-0.1, -0.05) is 26.0 Å². The van der Waals surface area contributed by atoms with Crippen LogP contribution in [0.25, 0.3) is 0 Å². The smallest absolute Gasteiger partial charge is 0.326 e. The Morgan fingerprint density at radius 1 is 1.07 bits per heavy atom. The number of nitrogens with one attached hydrogen (secondary N) is 2. The second-order valence-corrected chi connectivity index (χ2v) is 8.33. The number of phenolic OH excluding ortho intramolecular Hbond substituents is 1. The third kappa shape index (κ3) is 9.19. The van der Waals surface area contributed by atoms with E-state index in [2.05, 4.69) is 10.6 Å². The van der Waals surface area contributed by atoms with Crippen LogP contribution in [0.3, 0.4) is 0 Å². The highest BCUT2D eigenvalue weighted by Crippen LogP contribution is 2.12. The fourth-order valence-corrected chi connectivity index (χ4v) is 3.21. The maximum Gasteiger partial charge on any atom is 0.326 e. The highest BCUT2D eigenvalue weighted by molar-refractivity contribution is 7.98. The van der Waals surface area contributed by atoms with E-state index in [1.807, 2.05) is 20.1 Å². The lowest BCUT2D eigenvalue weighted by molar-refractivity contribution is -0.142. The molecule has 0 spiro atoms. The molecule has 1 rings (SSSR count). The lowest BCUT2D eigenvalue weighted by atomic mass is 10.0. The normalized spacial score (nSPS) is 14.1. The number of aromatic hydroxyl groups is 1. The number of phenols is 1. The summed E-state index contributed by atoms with van der Waals surface area (Å²) in [7, 11) is 0. The maximum atomic E-state index is 12.7. The lowest BCUT2D eigenvalue weighted by Crippen LogP contribution is -2.55. The summed E-state index contributed by atoms with van der Waals surface area (Å²) in [5.74, 6) is -1.25. The number of benzene rings is 1. The summed E-state index contributed by atoms with van der Waals surface area (Å²) in [4.78, 5) is 36.7. The first kappa shape index (κ1) is 24.8. The van der Waals surface area contributed by atoms with Crippen molar-refractivity contribution in [3.63, 3.8) is 0 Å². The van der Waals surface area contributed by atoms with Crippen LogP contribution in [0.5, 0.6) is 5.75 Å². The number of aliphatic carboxylic acids is 1. The Hall–Kier alpha value is -2.26. The van der Waals surface area contributed by atoms with Crippen molar-refractivity contribution in [2.45, 2.75) is 51.2 Å². The molecule has 0 bridgehead atoms. The molecule has 0 saturated heterocycles. The molecular formula is C20H31N3O5S. The van der Waals surface area contributed by atoms with Crippen LogP contribution in [-0.4, -0.2) is 58.1 Å². The van der Waals surface area contributed by atoms with E-state index in [1.165, 1.54) is 23.9 Å². The molecule has 0 aliphatic rings. The van der Waals surface area contributed by atoms with Crippen molar-refractivity contribution >= 4 is 29.5 Å². The monoisotopic (exact) mass is 425 g/mol. The van der Waals surface area contributed by atoms with Gasteiger partial charge in [0.25, 0.3) is 0 Å². The molecular weight excluding hydrogens is 394 g/mol. The molecule has 162 valence electrons. The SMILES string of the molecule is CSCC[C@H](NC(=O)[C@@H](N)CC(C)C)C(=O)N[C@@H](Cc1ccc(O)cc1)C(=O)O. The first-order valence-corrected chi connectivity index (χ1v) is 10.9. The second kappa shape index (κ2) is 12.3. The number of thioether (sulfide) groups is 1. The minimum absolute atomic E-state index is 0.0530. The molecule has 8 nitrogen and oxygen atoms in total. The Morgan fingerprint density at radius 3 is 2.17 bits per heavy atom. The molecule has 0 aliphatic heterocycles. The standard InChI is InChI=1S/C20H31N3O5S/c1-12(2)10-15(21)18(25)22-16(8-9-29-3)19(26)23-17(20(27)28)11-13-4-6-14(24)7-5-13/h4-7,12,15-17,24H,8-11,21H2,1-3H3,(H,22,25)(H,23,26)(H,27,28)/t15-,16-,17-/m0/s1. The predicted octanol–water partition coefficient (Wildman–Crippen LogP) is 1.12. The third-order valence-corrected chi connectivity index (χ3v) is 4.94. The molecule has 0 aromatic heterocycles. The van der Waals surface area contributed by atoms with Crippen LogP contribution in [0, 0.1) is 5.92 Å². The lowest BCUT2D eigenvalue weighted by Gasteiger charge is -2.23. The molecule has 1 aromatic rings. The van der Waals surface area contributed by atoms with Gasteiger partial charge in [-0.2, -0.15) is 11.8 Å². The van der Waals surface area contributed by atoms with Gasteiger partial charge < -0.3 is 26.6 Å². The Bertz CT molecular complexity index is 681. The van der Waals surface area contributed by atoms with Crippen LogP contribution < -0.4 is 16.4 Å². The molecule has 0 unspecified atom stereocenters. The Kier molecular flexibility index (Phi) is 10.5. The summed E-state index contributed by atoms with van der Waals surface area (Å²) >= 11 is 1.52. The van der Waals surface area contributed by atoms with Gasteiger partial charge in [-0.15, -0.1) is 0 Å². The van der Waals surface area contributed by atoms with E-state index in [1.54, 1.807) is 12.1 Å². The van der Waals surface area contributed by atoms with Crippen molar-refractivity contribution in [2.75, 3.05) is 12.0 Å². The molecule has 0 saturated carbocycles. The zero-order chi connectivity index (χ0) is 22.0. The van der Waals surface area contributed by atoms with Crippen molar-refractivity contribution in [3.05, 3.63) is 29.8 Å². The molecule has 3 atom stereocenters. The topological polar surface area (TPSA) is 142 Å². The minimum Gasteiger partial charge on any atom is -0.508 e. The number of nitrogens with two attached hydrogens (primary N) is 1. The van der Waals surface area contributed by atoms with Gasteiger partial charge in [0.05, 0.1) is 6.04 Å². The molecule has 1 aromatic carbocycles. The molecule has 0 radical (unpaired) electrons. The fraction of sp³-hybridized carbons (Fsp3) is 0.550. The molecule has 0 heterocycles. The number of carbonyl (C=O) groups excluding carboxylic acids is 2. The van der Waals surface area contributed by atoms with Gasteiger partial charge in [0.15, 0.2) is 0 Å². The van der Waals surface area contributed by atoms with E-state index in [0.717, 1.165) is 0 Å². The average molecular weight is 426 g/mol. The number of rotatable bonds is 12. The van der Waals surface area contributed by atoms with Gasteiger partial charge in [-0.25, -0.2) is 4.79 Å². The van der Waals surface area contributed by atoms with Crippen LogP contribution in [0.1, 0.15) is 32.3 Å². The van der Waals surface area contributed by atoms with Crippen LogP contribution in [0.2, 0.25) is 0 Å². The summed E-state index contributed by atoms with van der Waals surface area (Å²) in [6.45, 7) is 3.90. The van der Waals surface area contributed by atoms with Gasteiger partial charge in [-0.3, -0.25) is 9.59 Å². The van der Waals surface area contributed by atoms with Crippen LogP contribution in [0.4, 0.5) is 0 Å². The molecule has 2 amide bonds. The quantitative estimate of drug-likeness (QED) is 0.338. The average Bonchev–Trinajstić information content (AvgIpc) is 2.65. The highest BCUT2D eigenvalue weighted by Gasteiger charge is 2.28. The summed E-state index contributed by atoms with van der Waals surface area (Å²) < 4.78 is 0. The fourth-order valence-electron chi connectivity index (χ4n) is 2.74. The van der Waals surface area contributed by atoms with Crippen molar-refractivity contribution in [3.8, 4) is 5.75 Å². The van der Waals surface area contributed by atoms with Gasteiger partial charge in [0.1, 0.15) is 17.8 Å².